The Balaban J connectivity index is 1.54. The zero-order valence-corrected chi connectivity index (χ0v) is 20.7. The monoisotopic (exact) mass is 551 g/mol. The van der Waals surface area contributed by atoms with Crippen LogP contribution in [0, 0.1) is 5.82 Å². The number of benzene rings is 1. The number of nitrogens with one attached hydrogen (secondary N) is 1. The quantitative estimate of drug-likeness (QED) is 0.339. The van der Waals surface area contributed by atoms with Crippen molar-refractivity contribution in [2.45, 2.75) is 24.5 Å². The predicted octanol–water partition coefficient (Wildman–Crippen LogP) is 4.13. The van der Waals surface area contributed by atoms with Crippen LogP contribution >= 0.6 is 11.6 Å². The Kier molecular flexibility index (Phi) is 7.23. The van der Waals surface area contributed by atoms with Gasteiger partial charge in [-0.2, -0.15) is 5.10 Å². The first kappa shape index (κ1) is 26.2. The Morgan fingerprint density at radius 1 is 1.11 bits per heavy atom. The van der Waals surface area contributed by atoms with Crippen LogP contribution in [0.3, 0.4) is 0 Å². The van der Waals surface area contributed by atoms with Crippen LogP contribution in [-0.4, -0.2) is 50.3 Å². The van der Waals surface area contributed by atoms with Gasteiger partial charge in [0.25, 0.3) is 12.3 Å². The molecule has 0 radical (unpaired) electrons. The van der Waals surface area contributed by atoms with Gasteiger partial charge in [0.1, 0.15) is 5.69 Å². The fourth-order valence-electron chi connectivity index (χ4n) is 3.30. The van der Waals surface area contributed by atoms with Gasteiger partial charge in [0.15, 0.2) is 5.82 Å². The van der Waals surface area contributed by atoms with Gasteiger partial charge in [0.2, 0.25) is 15.0 Å². The Morgan fingerprint density at radius 3 is 2.46 bits per heavy atom. The lowest BCUT2D eigenvalue weighted by molar-refractivity contribution is 0.102. The second kappa shape index (κ2) is 10.2. The van der Waals surface area contributed by atoms with Crippen molar-refractivity contribution in [3.05, 3.63) is 77.0 Å². The normalized spacial score (nSPS) is 12.5. The van der Waals surface area contributed by atoms with E-state index in [0.717, 1.165) is 30.8 Å². The first-order valence-corrected chi connectivity index (χ1v) is 12.7. The highest BCUT2D eigenvalue weighted by molar-refractivity contribution is 7.90. The molecule has 0 saturated carbocycles. The first-order chi connectivity index (χ1) is 17.5. The maximum Gasteiger partial charge on any atom is 0.275 e. The van der Waals surface area contributed by atoms with Crippen LogP contribution in [0.1, 0.15) is 41.0 Å². The third-order valence-corrected chi connectivity index (χ3v) is 6.37. The number of aromatic nitrogens is 6. The molecular weight excluding hydrogens is 535 g/mol. The molecule has 0 unspecified atom stereocenters. The molecule has 4 rings (SSSR count). The van der Waals surface area contributed by atoms with Gasteiger partial charge in [-0.15, -0.1) is 0 Å². The highest BCUT2D eigenvalue weighted by Gasteiger charge is 2.23. The summed E-state index contributed by atoms with van der Waals surface area (Å²) < 4.78 is 66.1. The molecule has 1 atom stereocenters. The molecule has 192 valence electrons. The summed E-state index contributed by atoms with van der Waals surface area (Å²) in [7, 11) is -3.55. The number of sulfone groups is 1. The van der Waals surface area contributed by atoms with E-state index in [9.17, 15) is 26.4 Å². The summed E-state index contributed by atoms with van der Waals surface area (Å²) in [5.41, 5.74) is -0.911. The van der Waals surface area contributed by atoms with Crippen LogP contribution in [0.15, 0.2) is 54.5 Å². The van der Waals surface area contributed by atoms with Crippen LogP contribution < -0.4 is 5.32 Å². The average molecular weight is 552 g/mol. The summed E-state index contributed by atoms with van der Waals surface area (Å²) in [5.74, 6) is -1.85. The van der Waals surface area contributed by atoms with Crippen LogP contribution in [0.5, 0.6) is 0 Å². The molecule has 1 N–H and O–H groups in total. The molecule has 10 nitrogen and oxygen atoms in total. The van der Waals surface area contributed by atoms with E-state index < -0.39 is 45.2 Å². The molecular formula is C22H17ClF3N7O3S. The molecule has 0 aliphatic rings. The molecule has 0 aliphatic carbocycles. The van der Waals surface area contributed by atoms with Crippen LogP contribution in [0.4, 0.5) is 18.9 Å². The van der Waals surface area contributed by atoms with Crippen molar-refractivity contribution >= 4 is 33.0 Å². The fraction of sp³-hybridized carbons (Fsp3) is 0.182. The van der Waals surface area contributed by atoms with E-state index in [1.54, 1.807) is 6.92 Å². The SMILES string of the molecule is C[C@@H](c1cnc(S(C)(=O)=O)nc1)n1cc(NC(=O)c2cncc(-c3c(C(F)F)ccc(Cl)c3F)n2)cn1. The number of hydrogen-bond donors (Lipinski definition) is 1. The number of hydrogen-bond acceptors (Lipinski definition) is 8. The number of amides is 1. The number of halogens is 4. The lowest BCUT2D eigenvalue weighted by Gasteiger charge is -2.12. The Bertz CT molecular complexity index is 1580. The highest BCUT2D eigenvalue weighted by Crippen LogP contribution is 2.35. The van der Waals surface area contributed by atoms with E-state index in [1.165, 1.54) is 29.5 Å². The summed E-state index contributed by atoms with van der Waals surface area (Å²) in [6.45, 7) is 1.76. The van der Waals surface area contributed by atoms with Gasteiger partial charge in [-0.05, 0) is 13.0 Å². The largest absolute Gasteiger partial charge is 0.318 e. The van der Waals surface area contributed by atoms with Gasteiger partial charge >= 0.3 is 0 Å². The van der Waals surface area contributed by atoms with E-state index in [1.807, 2.05) is 0 Å². The number of carbonyl (C=O) groups excluding carboxylic acids is 1. The first-order valence-electron chi connectivity index (χ1n) is 10.4. The molecule has 37 heavy (non-hydrogen) atoms. The molecule has 1 amide bonds. The minimum atomic E-state index is -3.55. The average Bonchev–Trinajstić information content (AvgIpc) is 3.33. The van der Waals surface area contributed by atoms with Crippen LogP contribution in [0.25, 0.3) is 11.3 Å². The molecule has 1 aromatic carbocycles. The van der Waals surface area contributed by atoms with Gasteiger partial charge in [0, 0.05) is 41.5 Å². The van der Waals surface area contributed by atoms with Gasteiger partial charge in [-0.3, -0.25) is 14.5 Å². The smallest absolute Gasteiger partial charge is 0.275 e. The summed E-state index contributed by atoms with van der Waals surface area (Å²) >= 11 is 5.76. The van der Waals surface area contributed by atoms with Crippen molar-refractivity contribution in [3.63, 3.8) is 0 Å². The minimum absolute atomic E-state index is 0.261. The van der Waals surface area contributed by atoms with Crippen molar-refractivity contribution in [2.24, 2.45) is 0 Å². The van der Waals surface area contributed by atoms with Crippen molar-refractivity contribution in [1.29, 1.82) is 0 Å². The van der Waals surface area contributed by atoms with E-state index in [4.69, 9.17) is 11.6 Å². The maximum absolute atomic E-state index is 14.6. The molecule has 0 bridgehead atoms. The van der Waals surface area contributed by atoms with E-state index in [-0.39, 0.29) is 27.3 Å². The summed E-state index contributed by atoms with van der Waals surface area (Å²) in [6.07, 6.45) is 5.69. The molecule has 0 fully saturated rings. The van der Waals surface area contributed by atoms with Gasteiger partial charge < -0.3 is 5.32 Å². The molecule has 3 heterocycles. The van der Waals surface area contributed by atoms with Crippen LogP contribution in [-0.2, 0) is 9.84 Å². The van der Waals surface area contributed by atoms with Gasteiger partial charge in [-0.1, -0.05) is 17.7 Å². The number of nitrogens with zero attached hydrogens (tertiary/aromatic N) is 6. The lowest BCUT2D eigenvalue weighted by atomic mass is 10.0. The maximum atomic E-state index is 14.6. The standard InChI is InChI=1S/C22H17ClF3N7O3S/c1-11(12-5-28-22(29-6-12)37(2,35)36)33-10-13(7-30-33)31-21(34)17-9-27-8-16(32-17)18-14(20(25)26)3-4-15(23)19(18)24/h3-11,20H,1-2H3,(H,31,34)/t11-/m0/s1. The summed E-state index contributed by atoms with van der Waals surface area (Å²) in [4.78, 5) is 28.3. The van der Waals surface area contributed by atoms with Gasteiger partial charge in [-0.25, -0.2) is 36.5 Å². The van der Waals surface area contributed by atoms with Gasteiger partial charge in [0.05, 0.1) is 41.0 Å². The van der Waals surface area contributed by atoms with Crippen molar-refractivity contribution in [1.82, 2.24) is 29.7 Å². The fourth-order valence-corrected chi connectivity index (χ4v) is 3.95. The molecule has 0 spiro atoms. The summed E-state index contributed by atoms with van der Waals surface area (Å²) in [5, 5.41) is 6.04. The Morgan fingerprint density at radius 2 is 1.81 bits per heavy atom. The molecule has 15 heteroatoms. The molecule has 3 aromatic heterocycles. The number of alkyl halides is 2. The third kappa shape index (κ3) is 5.59. The van der Waals surface area contributed by atoms with Crippen molar-refractivity contribution < 1.29 is 26.4 Å². The zero-order chi connectivity index (χ0) is 26.9. The highest BCUT2D eigenvalue weighted by atomic mass is 35.5. The number of rotatable bonds is 7. The molecule has 4 aromatic rings. The lowest BCUT2D eigenvalue weighted by Crippen LogP contribution is -2.14. The van der Waals surface area contributed by atoms with Crippen molar-refractivity contribution in [3.8, 4) is 11.3 Å². The second-order valence-electron chi connectivity index (χ2n) is 7.83. The van der Waals surface area contributed by atoms with E-state index >= 15 is 0 Å². The number of anilines is 1. The Hall–Kier alpha value is -3.91. The zero-order valence-electron chi connectivity index (χ0n) is 19.1. The van der Waals surface area contributed by atoms with E-state index in [0.29, 0.717) is 5.56 Å². The Labute approximate surface area is 213 Å². The van der Waals surface area contributed by atoms with E-state index in [2.05, 4.69) is 30.4 Å². The molecule has 0 aliphatic heterocycles. The van der Waals surface area contributed by atoms with Crippen LogP contribution in [0.2, 0.25) is 5.02 Å². The second-order valence-corrected chi connectivity index (χ2v) is 10.1. The predicted molar refractivity (Wildman–Crippen MR) is 127 cm³/mol. The minimum Gasteiger partial charge on any atom is -0.318 e. The topological polar surface area (TPSA) is 133 Å². The molecule has 0 saturated heterocycles. The third-order valence-electron chi connectivity index (χ3n) is 5.20. The summed E-state index contributed by atoms with van der Waals surface area (Å²) in [6, 6.07) is 1.58. The van der Waals surface area contributed by atoms with Crippen molar-refractivity contribution in [2.75, 3.05) is 11.6 Å². The number of carbonyl (C=O) groups is 1.